The molecule has 0 aliphatic rings. The topological polar surface area (TPSA) is 38.9 Å². The van der Waals surface area contributed by atoms with Crippen LogP contribution in [0.25, 0.3) is 0 Å². The molecule has 0 unspecified atom stereocenters. The first-order chi connectivity index (χ1) is 7.74. The van der Waals surface area contributed by atoms with Crippen LogP contribution in [0.2, 0.25) is 0 Å². The van der Waals surface area contributed by atoms with E-state index in [4.69, 9.17) is 5.73 Å². The number of nitrogens with two attached hydrogens (primary N) is 1. The van der Waals surface area contributed by atoms with Crippen LogP contribution in [0.3, 0.4) is 0 Å². The van der Waals surface area contributed by atoms with Gasteiger partial charge in [0, 0.05) is 5.75 Å². The highest BCUT2D eigenvalue weighted by molar-refractivity contribution is 7.98. The largest absolute Gasteiger partial charge is 0.397 e. The lowest BCUT2D eigenvalue weighted by atomic mass is 10.2. The van der Waals surface area contributed by atoms with Gasteiger partial charge in [-0.05, 0) is 29.8 Å². The molecule has 0 aliphatic heterocycles. The van der Waals surface area contributed by atoms with E-state index in [0.717, 1.165) is 16.3 Å². The van der Waals surface area contributed by atoms with Crippen molar-refractivity contribution in [3.8, 4) is 0 Å². The van der Waals surface area contributed by atoms with Crippen LogP contribution in [0.1, 0.15) is 5.56 Å². The van der Waals surface area contributed by atoms with Gasteiger partial charge in [-0.15, -0.1) is 11.8 Å². The number of benzene rings is 1. The van der Waals surface area contributed by atoms with Crippen molar-refractivity contribution in [2.45, 2.75) is 10.8 Å². The molecule has 1 heterocycles. The summed E-state index contributed by atoms with van der Waals surface area (Å²) >= 11 is 1.60. The van der Waals surface area contributed by atoms with Crippen LogP contribution in [-0.4, -0.2) is 4.98 Å². The van der Waals surface area contributed by atoms with Crippen LogP contribution >= 0.6 is 11.8 Å². The second-order valence-corrected chi connectivity index (χ2v) is 4.34. The molecule has 2 aromatic rings. The second kappa shape index (κ2) is 4.99. The highest BCUT2D eigenvalue weighted by Crippen LogP contribution is 2.21. The Balaban J connectivity index is 1.97. The first-order valence-corrected chi connectivity index (χ1v) is 5.81. The van der Waals surface area contributed by atoms with Gasteiger partial charge in [0.25, 0.3) is 0 Å². The maximum atomic E-state index is 12.7. The van der Waals surface area contributed by atoms with Crippen LogP contribution in [-0.2, 0) is 5.75 Å². The fourth-order valence-corrected chi connectivity index (χ4v) is 2.01. The average molecular weight is 234 g/mol. The van der Waals surface area contributed by atoms with Crippen molar-refractivity contribution in [2.24, 2.45) is 0 Å². The van der Waals surface area contributed by atoms with Gasteiger partial charge < -0.3 is 5.73 Å². The standard InChI is InChI=1S/C12H11FN2S/c13-10-3-1-9(2-4-10)8-16-12-6-5-11(14)7-15-12/h1-7H,8,14H2. The van der Waals surface area contributed by atoms with Crippen molar-refractivity contribution in [3.05, 3.63) is 54.0 Å². The molecule has 0 atom stereocenters. The third-order valence-corrected chi connectivity index (χ3v) is 3.07. The minimum absolute atomic E-state index is 0.209. The summed E-state index contributed by atoms with van der Waals surface area (Å²) in [5, 5.41) is 0.915. The summed E-state index contributed by atoms with van der Waals surface area (Å²) in [5.41, 5.74) is 7.27. The maximum absolute atomic E-state index is 12.7. The number of aromatic nitrogens is 1. The zero-order valence-corrected chi connectivity index (χ0v) is 9.38. The maximum Gasteiger partial charge on any atom is 0.123 e. The van der Waals surface area contributed by atoms with Gasteiger partial charge in [0.1, 0.15) is 5.82 Å². The van der Waals surface area contributed by atoms with Gasteiger partial charge in [-0.3, -0.25) is 0 Å². The molecule has 82 valence electrons. The van der Waals surface area contributed by atoms with Crippen LogP contribution in [0.15, 0.2) is 47.6 Å². The minimum Gasteiger partial charge on any atom is -0.397 e. The van der Waals surface area contributed by atoms with E-state index in [9.17, 15) is 4.39 Å². The Morgan fingerprint density at radius 1 is 1.12 bits per heavy atom. The second-order valence-electron chi connectivity index (χ2n) is 3.34. The number of rotatable bonds is 3. The smallest absolute Gasteiger partial charge is 0.123 e. The normalized spacial score (nSPS) is 10.3. The summed E-state index contributed by atoms with van der Waals surface area (Å²) in [4.78, 5) is 4.17. The number of anilines is 1. The van der Waals surface area contributed by atoms with Gasteiger partial charge in [-0.25, -0.2) is 9.37 Å². The van der Waals surface area contributed by atoms with Crippen molar-refractivity contribution in [3.63, 3.8) is 0 Å². The molecule has 0 saturated carbocycles. The Morgan fingerprint density at radius 3 is 2.50 bits per heavy atom. The summed E-state index contributed by atoms with van der Waals surface area (Å²) in [5.74, 6) is 0.566. The summed E-state index contributed by atoms with van der Waals surface area (Å²) in [6.45, 7) is 0. The van der Waals surface area contributed by atoms with E-state index < -0.39 is 0 Å². The summed E-state index contributed by atoms with van der Waals surface area (Å²) in [7, 11) is 0. The Labute approximate surface area is 97.7 Å². The zero-order valence-electron chi connectivity index (χ0n) is 8.56. The molecule has 0 bridgehead atoms. The van der Waals surface area contributed by atoms with Gasteiger partial charge in [-0.1, -0.05) is 12.1 Å². The highest BCUT2D eigenvalue weighted by atomic mass is 32.2. The lowest BCUT2D eigenvalue weighted by Crippen LogP contribution is -1.87. The number of halogens is 1. The van der Waals surface area contributed by atoms with Crippen molar-refractivity contribution in [1.29, 1.82) is 0 Å². The van der Waals surface area contributed by atoms with E-state index >= 15 is 0 Å². The van der Waals surface area contributed by atoms with Crippen molar-refractivity contribution in [2.75, 3.05) is 5.73 Å². The average Bonchev–Trinajstić information content (AvgIpc) is 2.30. The predicted octanol–water partition coefficient (Wildman–Crippen LogP) is 3.10. The van der Waals surface area contributed by atoms with E-state index in [1.165, 1.54) is 12.1 Å². The Hall–Kier alpha value is -1.55. The van der Waals surface area contributed by atoms with Crippen molar-refractivity contribution in [1.82, 2.24) is 4.98 Å². The molecule has 0 amide bonds. The van der Waals surface area contributed by atoms with Gasteiger partial charge in [0.15, 0.2) is 0 Å². The van der Waals surface area contributed by atoms with Crippen molar-refractivity contribution >= 4 is 17.4 Å². The SMILES string of the molecule is Nc1ccc(SCc2ccc(F)cc2)nc1. The third-order valence-electron chi connectivity index (χ3n) is 2.06. The number of hydrogen-bond acceptors (Lipinski definition) is 3. The summed E-state index contributed by atoms with van der Waals surface area (Å²) in [6.07, 6.45) is 1.63. The molecule has 2 N–H and O–H groups in total. The number of nitrogen functional groups attached to an aromatic ring is 1. The van der Waals surface area contributed by atoms with Crippen LogP contribution in [0.4, 0.5) is 10.1 Å². The van der Waals surface area contributed by atoms with E-state index in [1.54, 1.807) is 30.1 Å². The third kappa shape index (κ3) is 2.97. The highest BCUT2D eigenvalue weighted by Gasteiger charge is 1.98. The monoisotopic (exact) mass is 234 g/mol. The molecule has 0 aliphatic carbocycles. The summed E-state index contributed by atoms with van der Waals surface area (Å²) < 4.78 is 12.7. The molecule has 1 aromatic heterocycles. The van der Waals surface area contributed by atoms with Gasteiger partial charge >= 0.3 is 0 Å². The molecular formula is C12H11FN2S. The molecular weight excluding hydrogens is 223 g/mol. The molecule has 4 heteroatoms. The lowest BCUT2D eigenvalue weighted by molar-refractivity contribution is 0.627. The number of hydrogen-bond donors (Lipinski definition) is 1. The number of nitrogens with zero attached hydrogens (tertiary/aromatic N) is 1. The Bertz CT molecular complexity index is 408. The molecule has 0 radical (unpaired) electrons. The molecule has 0 spiro atoms. The molecule has 1 aromatic carbocycles. The lowest BCUT2D eigenvalue weighted by Gasteiger charge is -2.01. The van der Waals surface area contributed by atoms with Gasteiger partial charge in [0.05, 0.1) is 16.9 Å². The van der Waals surface area contributed by atoms with Gasteiger partial charge in [0.2, 0.25) is 0 Å². The quantitative estimate of drug-likeness (QED) is 0.829. The first-order valence-electron chi connectivity index (χ1n) is 4.83. The summed E-state index contributed by atoms with van der Waals surface area (Å²) in [6, 6.07) is 10.2. The minimum atomic E-state index is -0.209. The van der Waals surface area contributed by atoms with Gasteiger partial charge in [-0.2, -0.15) is 0 Å². The first kappa shape index (κ1) is 11.0. The van der Waals surface area contributed by atoms with E-state index in [1.807, 2.05) is 12.1 Å². The molecule has 16 heavy (non-hydrogen) atoms. The molecule has 2 rings (SSSR count). The van der Waals surface area contributed by atoms with E-state index in [-0.39, 0.29) is 5.82 Å². The Kier molecular flexibility index (Phi) is 3.41. The van der Waals surface area contributed by atoms with E-state index in [0.29, 0.717) is 5.69 Å². The zero-order chi connectivity index (χ0) is 11.4. The predicted molar refractivity (Wildman–Crippen MR) is 64.6 cm³/mol. The fourth-order valence-electron chi connectivity index (χ4n) is 1.22. The molecule has 0 saturated heterocycles. The number of pyridine rings is 1. The van der Waals surface area contributed by atoms with Crippen LogP contribution in [0.5, 0.6) is 0 Å². The van der Waals surface area contributed by atoms with E-state index in [2.05, 4.69) is 4.98 Å². The molecule has 2 nitrogen and oxygen atoms in total. The van der Waals surface area contributed by atoms with Crippen LogP contribution in [0, 0.1) is 5.82 Å². The fraction of sp³-hybridized carbons (Fsp3) is 0.0833. The molecule has 0 fully saturated rings. The van der Waals surface area contributed by atoms with Crippen LogP contribution < -0.4 is 5.73 Å². The Morgan fingerprint density at radius 2 is 1.88 bits per heavy atom. The number of thioether (sulfide) groups is 1. The van der Waals surface area contributed by atoms with Crippen molar-refractivity contribution < 1.29 is 4.39 Å².